The summed E-state index contributed by atoms with van der Waals surface area (Å²) in [6.45, 7) is 6.31. The second-order valence-electron chi connectivity index (χ2n) is 9.45. The van der Waals surface area contributed by atoms with E-state index in [9.17, 15) is 14.4 Å². The lowest BCUT2D eigenvalue weighted by atomic mass is 9.93. The molecule has 182 valence electrons. The first kappa shape index (κ1) is 25.3. The Balaban J connectivity index is 1.52. The number of rotatable bonds is 11. The van der Waals surface area contributed by atoms with Crippen molar-refractivity contribution in [3.05, 3.63) is 59.7 Å². The van der Waals surface area contributed by atoms with Gasteiger partial charge in [-0.3, -0.25) is 9.59 Å². The van der Waals surface area contributed by atoms with Gasteiger partial charge in [0.05, 0.1) is 5.92 Å². The standard InChI is InChI=1S/C27H34N2O5/c1-17(2)12-19(13-25(30)28-14-18(3)26(31)32)15-29-27(33)34-16-24-22-10-6-4-8-20(22)21-9-5-7-11-23(21)24/h4-11,17-19,24H,12-16H2,1-3H3,(H,28,30)(H,29,33)(H,31,32)/t18?,19-/m0/s1. The van der Waals surface area contributed by atoms with Crippen LogP contribution in [0.3, 0.4) is 0 Å². The summed E-state index contributed by atoms with van der Waals surface area (Å²) < 4.78 is 5.59. The molecule has 2 aromatic carbocycles. The highest BCUT2D eigenvalue weighted by Crippen LogP contribution is 2.44. The SMILES string of the molecule is CC(C)C[C@H](CNC(=O)OCC1c2ccccc2-c2ccccc21)CC(=O)NCC(C)C(=O)O. The van der Waals surface area contributed by atoms with E-state index in [0.717, 1.165) is 17.5 Å². The van der Waals surface area contributed by atoms with Gasteiger partial charge in [0.2, 0.25) is 5.91 Å². The Morgan fingerprint density at radius 2 is 1.50 bits per heavy atom. The predicted molar refractivity (Wildman–Crippen MR) is 130 cm³/mol. The van der Waals surface area contributed by atoms with Gasteiger partial charge < -0.3 is 20.5 Å². The summed E-state index contributed by atoms with van der Waals surface area (Å²) in [6, 6.07) is 16.3. The molecule has 0 aromatic heterocycles. The summed E-state index contributed by atoms with van der Waals surface area (Å²) in [5.41, 5.74) is 4.66. The minimum atomic E-state index is -0.948. The van der Waals surface area contributed by atoms with Gasteiger partial charge in [0.15, 0.2) is 0 Å². The number of hydrogen-bond donors (Lipinski definition) is 3. The summed E-state index contributed by atoms with van der Waals surface area (Å²) in [5, 5.41) is 14.5. The number of carboxylic acids is 1. The molecule has 0 heterocycles. The van der Waals surface area contributed by atoms with Gasteiger partial charge in [0.1, 0.15) is 6.61 Å². The van der Waals surface area contributed by atoms with E-state index in [2.05, 4.69) is 48.7 Å². The summed E-state index contributed by atoms with van der Waals surface area (Å²) in [6.07, 6.45) is 0.468. The molecule has 3 N–H and O–H groups in total. The van der Waals surface area contributed by atoms with Crippen LogP contribution in [0.15, 0.2) is 48.5 Å². The highest BCUT2D eigenvalue weighted by atomic mass is 16.5. The molecule has 0 bridgehead atoms. The highest BCUT2D eigenvalue weighted by molar-refractivity contribution is 5.79. The molecule has 7 heteroatoms. The molecule has 0 fully saturated rings. The van der Waals surface area contributed by atoms with Gasteiger partial charge in [-0.25, -0.2) is 4.79 Å². The number of hydrogen-bond acceptors (Lipinski definition) is 4. The lowest BCUT2D eigenvalue weighted by molar-refractivity contribution is -0.141. The van der Waals surface area contributed by atoms with Crippen LogP contribution in [-0.4, -0.2) is 42.8 Å². The second-order valence-corrected chi connectivity index (χ2v) is 9.45. The zero-order valence-electron chi connectivity index (χ0n) is 20.0. The fourth-order valence-electron chi connectivity index (χ4n) is 4.47. The van der Waals surface area contributed by atoms with Crippen molar-refractivity contribution in [1.29, 1.82) is 0 Å². The normalized spacial score (nSPS) is 14.1. The van der Waals surface area contributed by atoms with Gasteiger partial charge in [0, 0.05) is 25.4 Å². The smallest absolute Gasteiger partial charge is 0.407 e. The van der Waals surface area contributed by atoms with Crippen molar-refractivity contribution < 1.29 is 24.2 Å². The molecule has 0 saturated carbocycles. The van der Waals surface area contributed by atoms with Crippen molar-refractivity contribution in [2.24, 2.45) is 17.8 Å². The van der Waals surface area contributed by atoms with Gasteiger partial charge >= 0.3 is 12.1 Å². The third kappa shape index (κ3) is 6.59. The van der Waals surface area contributed by atoms with E-state index < -0.39 is 18.0 Å². The van der Waals surface area contributed by atoms with Crippen LogP contribution in [0.2, 0.25) is 0 Å². The molecular weight excluding hydrogens is 432 g/mol. The van der Waals surface area contributed by atoms with Crippen molar-refractivity contribution in [1.82, 2.24) is 10.6 Å². The van der Waals surface area contributed by atoms with Crippen LogP contribution in [0.1, 0.15) is 50.7 Å². The average molecular weight is 467 g/mol. The monoisotopic (exact) mass is 466 g/mol. The first-order valence-corrected chi connectivity index (χ1v) is 11.8. The Kier molecular flexibility index (Phi) is 8.68. The van der Waals surface area contributed by atoms with Gasteiger partial charge in [-0.05, 0) is 40.5 Å². The van der Waals surface area contributed by atoms with Crippen molar-refractivity contribution in [3.63, 3.8) is 0 Å². The Hall–Kier alpha value is -3.35. The number of amides is 2. The van der Waals surface area contributed by atoms with E-state index >= 15 is 0 Å². The Morgan fingerprint density at radius 1 is 0.912 bits per heavy atom. The van der Waals surface area contributed by atoms with E-state index in [1.807, 2.05) is 24.3 Å². The maximum Gasteiger partial charge on any atom is 0.407 e. The molecule has 2 aromatic rings. The van der Waals surface area contributed by atoms with Gasteiger partial charge in [-0.1, -0.05) is 69.3 Å². The number of benzene rings is 2. The number of aliphatic carboxylic acids is 1. The zero-order chi connectivity index (χ0) is 24.7. The van der Waals surface area contributed by atoms with E-state index in [1.165, 1.54) is 11.1 Å². The fourth-order valence-corrected chi connectivity index (χ4v) is 4.47. The number of carbonyl (C=O) groups excluding carboxylic acids is 2. The largest absolute Gasteiger partial charge is 0.481 e. The van der Waals surface area contributed by atoms with Crippen LogP contribution in [0.5, 0.6) is 0 Å². The molecule has 0 saturated heterocycles. The summed E-state index contributed by atoms with van der Waals surface area (Å²) >= 11 is 0. The second kappa shape index (κ2) is 11.7. The summed E-state index contributed by atoms with van der Waals surface area (Å²) in [4.78, 5) is 35.7. The van der Waals surface area contributed by atoms with Gasteiger partial charge in [-0.2, -0.15) is 0 Å². The van der Waals surface area contributed by atoms with E-state index in [4.69, 9.17) is 9.84 Å². The molecule has 3 rings (SSSR count). The van der Waals surface area contributed by atoms with Crippen molar-refractivity contribution >= 4 is 18.0 Å². The van der Waals surface area contributed by atoms with Crippen molar-refractivity contribution in [3.8, 4) is 11.1 Å². The zero-order valence-corrected chi connectivity index (χ0v) is 20.0. The van der Waals surface area contributed by atoms with Crippen LogP contribution in [0.4, 0.5) is 4.79 Å². The highest BCUT2D eigenvalue weighted by Gasteiger charge is 2.29. The minimum Gasteiger partial charge on any atom is -0.481 e. The van der Waals surface area contributed by atoms with Crippen LogP contribution >= 0.6 is 0 Å². The molecule has 1 unspecified atom stereocenters. The van der Waals surface area contributed by atoms with E-state index in [1.54, 1.807) is 6.92 Å². The quantitative estimate of drug-likeness (QED) is 0.455. The number of ether oxygens (including phenoxy) is 1. The maximum absolute atomic E-state index is 12.5. The predicted octanol–water partition coefficient (Wildman–Crippen LogP) is 4.41. The minimum absolute atomic E-state index is 0.00777. The molecular formula is C27H34N2O5. The first-order valence-electron chi connectivity index (χ1n) is 11.8. The van der Waals surface area contributed by atoms with Crippen LogP contribution in [0.25, 0.3) is 11.1 Å². The van der Waals surface area contributed by atoms with Gasteiger partial charge in [0.25, 0.3) is 0 Å². The number of carbonyl (C=O) groups is 3. The lowest BCUT2D eigenvalue weighted by Gasteiger charge is -2.20. The Bertz CT molecular complexity index is 974. The third-order valence-corrected chi connectivity index (χ3v) is 6.18. The van der Waals surface area contributed by atoms with E-state index in [0.29, 0.717) is 12.5 Å². The number of fused-ring (bicyclic) bond motifs is 3. The third-order valence-electron chi connectivity index (χ3n) is 6.18. The molecule has 2 amide bonds. The molecule has 0 radical (unpaired) electrons. The van der Waals surface area contributed by atoms with E-state index in [-0.39, 0.29) is 37.3 Å². The average Bonchev–Trinajstić information content (AvgIpc) is 3.13. The molecule has 2 atom stereocenters. The van der Waals surface area contributed by atoms with Crippen LogP contribution in [0, 0.1) is 17.8 Å². The summed E-state index contributed by atoms with van der Waals surface area (Å²) in [7, 11) is 0. The molecule has 7 nitrogen and oxygen atoms in total. The van der Waals surface area contributed by atoms with Crippen LogP contribution < -0.4 is 10.6 Å². The molecule has 1 aliphatic carbocycles. The number of nitrogens with one attached hydrogen (secondary N) is 2. The maximum atomic E-state index is 12.5. The Labute approximate surface area is 200 Å². The molecule has 0 spiro atoms. The molecule has 0 aliphatic heterocycles. The van der Waals surface area contributed by atoms with Gasteiger partial charge in [-0.15, -0.1) is 0 Å². The van der Waals surface area contributed by atoms with Crippen molar-refractivity contribution in [2.75, 3.05) is 19.7 Å². The fraction of sp³-hybridized carbons (Fsp3) is 0.444. The summed E-state index contributed by atoms with van der Waals surface area (Å²) in [5.74, 6) is -1.54. The first-order chi connectivity index (χ1) is 16.3. The topological polar surface area (TPSA) is 105 Å². The molecule has 1 aliphatic rings. The number of carboxylic acid groups (broad SMARTS) is 1. The lowest BCUT2D eigenvalue weighted by Crippen LogP contribution is -2.36. The van der Waals surface area contributed by atoms with Crippen LogP contribution in [-0.2, 0) is 14.3 Å². The van der Waals surface area contributed by atoms with Crippen molar-refractivity contribution in [2.45, 2.75) is 39.5 Å². The molecule has 34 heavy (non-hydrogen) atoms. The number of alkyl carbamates (subject to hydrolysis) is 1. The Morgan fingerprint density at radius 3 is 2.06 bits per heavy atom.